The molecule has 33 heavy (non-hydrogen) atoms. The Morgan fingerprint density at radius 1 is 0.970 bits per heavy atom. The number of piperazine rings is 1. The van der Waals surface area contributed by atoms with E-state index in [1.54, 1.807) is 6.92 Å². The molecule has 2 fully saturated rings. The van der Waals surface area contributed by atoms with Gasteiger partial charge in [0.1, 0.15) is 29.9 Å². The van der Waals surface area contributed by atoms with Gasteiger partial charge in [0.25, 0.3) is 0 Å². The molecule has 174 valence electrons. The number of rotatable bonds is 6. The summed E-state index contributed by atoms with van der Waals surface area (Å²) in [5.74, 6) is 2.87. The van der Waals surface area contributed by atoms with Crippen LogP contribution in [0.1, 0.15) is 12.7 Å². The molecule has 0 spiro atoms. The number of nitrogens with zero attached hydrogens (tertiary/aromatic N) is 7. The van der Waals surface area contributed by atoms with E-state index >= 15 is 0 Å². The van der Waals surface area contributed by atoms with Gasteiger partial charge in [-0.15, -0.1) is 0 Å². The van der Waals surface area contributed by atoms with Crippen LogP contribution < -0.4 is 9.80 Å². The van der Waals surface area contributed by atoms with Crippen LogP contribution in [0.2, 0.25) is 0 Å². The molecule has 1 aromatic carbocycles. The fraction of sp³-hybridized carbons (Fsp3) is 0.478. The Kier molecular flexibility index (Phi) is 6.21. The van der Waals surface area contributed by atoms with Crippen molar-refractivity contribution < 1.29 is 14.6 Å². The summed E-state index contributed by atoms with van der Waals surface area (Å²) in [5, 5.41) is 10.0. The third kappa shape index (κ3) is 4.54. The molecule has 0 saturated carbocycles. The lowest BCUT2D eigenvalue weighted by Crippen LogP contribution is -2.48. The number of aliphatic hydroxyl groups excluding tert-OH is 1. The first-order valence-corrected chi connectivity index (χ1v) is 11.4. The second-order valence-corrected chi connectivity index (χ2v) is 8.46. The van der Waals surface area contributed by atoms with Gasteiger partial charge in [-0.25, -0.2) is 4.98 Å². The molecular weight excluding hydrogens is 422 g/mol. The van der Waals surface area contributed by atoms with Crippen LogP contribution >= 0.6 is 0 Å². The molecular formula is C23H29N7O3. The molecule has 2 aliphatic heterocycles. The summed E-state index contributed by atoms with van der Waals surface area (Å²) >= 11 is 0. The number of anilines is 2. The maximum absolute atomic E-state index is 11.5. The number of ether oxygens (including phenoxy) is 1. The average Bonchev–Trinajstić information content (AvgIpc) is 3.23. The molecule has 1 N–H and O–H groups in total. The third-order valence-corrected chi connectivity index (χ3v) is 6.14. The maximum Gasteiger partial charge on any atom is 0.239 e. The number of carbonyl (C=O) groups is 1. The van der Waals surface area contributed by atoms with Gasteiger partial charge in [0.2, 0.25) is 5.95 Å². The summed E-state index contributed by atoms with van der Waals surface area (Å²) in [6, 6.07) is 9.80. The predicted octanol–water partition coefficient (Wildman–Crippen LogP) is 0.855. The Bertz CT molecular complexity index is 1130. The normalized spacial score (nSPS) is 17.6. The van der Waals surface area contributed by atoms with E-state index in [1.807, 2.05) is 34.9 Å². The molecule has 5 rings (SSSR count). The second-order valence-electron chi connectivity index (χ2n) is 8.46. The van der Waals surface area contributed by atoms with Crippen molar-refractivity contribution >= 4 is 28.5 Å². The minimum absolute atomic E-state index is 0.186. The Balaban J connectivity index is 1.54. The number of fused-ring (bicyclic) bond motifs is 1. The van der Waals surface area contributed by atoms with Gasteiger partial charge in [-0.2, -0.15) is 9.97 Å². The Morgan fingerprint density at radius 2 is 1.64 bits per heavy atom. The predicted molar refractivity (Wildman–Crippen MR) is 125 cm³/mol. The van der Waals surface area contributed by atoms with E-state index in [9.17, 15) is 9.90 Å². The molecule has 0 bridgehead atoms. The Labute approximate surface area is 192 Å². The summed E-state index contributed by atoms with van der Waals surface area (Å²) in [6.07, 6.45) is 0. The highest BCUT2D eigenvalue weighted by Gasteiger charge is 2.23. The van der Waals surface area contributed by atoms with Crippen molar-refractivity contribution in [3.63, 3.8) is 0 Å². The molecule has 0 atom stereocenters. The smallest absolute Gasteiger partial charge is 0.239 e. The van der Waals surface area contributed by atoms with Crippen molar-refractivity contribution in [1.82, 2.24) is 24.4 Å². The zero-order valence-electron chi connectivity index (χ0n) is 18.9. The largest absolute Gasteiger partial charge is 0.388 e. The Morgan fingerprint density at radius 3 is 2.30 bits per heavy atom. The van der Waals surface area contributed by atoms with E-state index in [-0.39, 0.29) is 12.4 Å². The van der Waals surface area contributed by atoms with Crippen LogP contribution in [-0.4, -0.2) is 94.3 Å². The van der Waals surface area contributed by atoms with Gasteiger partial charge < -0.3 is 19.6 Å². The van der Waals surface area contributed by atoms with Gasteiger partial charge in [-0.3, -0.25) is 14.3 Å². The van der Waals surface area contributed by atoms with Crippen molar-refractivity contribution in [2.75, 3.05) is 68.8 Å². The number of imidazole rings is 1. The van der Waals surface area contributed by atoms with Gasteiger partial charge in [0, 0.05) is 45.3 Å². The van der Waals surface area contributed by atoms with Crippen molar-refractivity contribution in [2.24, 2.45) is 0 Å². The molecule has 10 nitrogen and oxygen atoms in total. The van der Waals surface area contributed by atoms with E-state index in [0.29, 0.717) is 31.5 Å². The van der Waals surface area contributed by atoms with Crippen molar-refractivity contribution in [1.29, 1.82) is 0 Å². The van der Waals surface area contributed by atoms with E-state index in [1.165, 1.54) is 0 Å². The van der Waals surface area contributed by atoms with Crippen LogP contribution in [0, 0.1) is 0 Å². The number of hydrogen-bond acceptors (Lipinski definition) is 9. The lowest BCUT2D eigenvalue weighted by Gasteiger charge is -2.35. The average molecular weight is 452 g/mol. The summed E-state index contributed by atoms with van der Waals surface area (Å²) in [5.41, 5.74) is 1.65. The van der Waals surface area contributed by atoms with Gasteiger partial charge in [0.15, 0.2) is 0 Å². The summed E-state index contributed by atoms with van der Waals surface area (Å²) in [6.45, 7) is 7.94. The molecule has 0 radical (unpaired) electrons. The van der Waals surface area contributed by atoms with Gasteiger partial charge in [0.05, 0.1) is 30.8 Å². The van der Waals surface area contributed by atoms with Crippen LogP contribution in [-0.2, 0) is 16.1 Å². The summed E-state index contributed by atoms with van der Waals surface area (Å²) < 4.78 is 7.37. The maximum atomic E-state index is 11.5. The highest BCUT2D eigenvalue weighted by Crippen LogP contribution is 2.26. The zero-order valence-corrected chi connectivity index (χ0v) is 18.9. The van der Waals surface area contributed by atoms with Crippen LogP contribution in [0.5, 0.6) is 0 Å². The monoisotopic (exact) mass is 451 g/mol. The summed E-state index contributed by atoms with van der Waals surface area (Å²) in [4.78, 5) is 32.5. The van der Waals surface area contributed by atoms with Crippen molar-refractivity contribution in [2.45, 2.75) is 13.5 Å². The fourth-order valence-electron chi connectivity index (χ4n) is 4.48. The SMILES string of the molecule is CC(=O)CN1CCN(c2cc(N3CCOCC3)nc(-n3c(CO)nc4ccccc43)n2)CC1. The van der Waals surface area contributed by atoms with Crippen molar-refractivity contribution in [3.05, 3.63) is 36.2 Å². The zero-order chi connectivity index (χ0) is 22.8. The number of morpholine rings is 1. The molecule has 0 unspecified atom stereocenters. The first-order chi connectivity index (χ1) is 16.1. The van der Waals surface area contributed by atoms with Crippen LogP contribution in [0.3, 0.4) is 0 Å². The minimum Gasteiger partial charge on any atom is -0.388 e. The molecule has 0 amide bonds. The topological polar surface area (TPSA) is 99.9 Å². The lowest BCUT2D eigenvalue weighted by molar-refractivity contribution is -0.118. The minimum atomic E-state index is -0.209. The fourth-order valence-corrected chi connectivity index (χ4v) is 4.48. The van der Waals surface area contributed by atoms with Crippen molar-refractivity contribution in [3.8, 4) is 5.95 Å². The Hall–Kier alpha value is -3.08. The number of aromatic nitrogens is 4. The standard InChI is InChI=1S/C23H29N7O3/c1-17(32)15-27-6-8-28(9-7-27)20-14-21(29-10-12-33-13-11-29)26-23(25-20)30-19-5-3-2-4-18(19)24-22(30)16-31/h2-5,14,31H,6-13,15-16H2,1H3. The van der Waals surface area contributed by atoms with E-state index in [4.69, 9.17) is 14.7 Å². The molecule has 2 saturated heterocycles. The number of ketones is 1. The molecule has 2 aliphatic rings. The number of carbonyl (C=O) groups excluding carboxylic acids is 1. The highest BCUT2D eigenvalue weighted by atomic mass is 16.5. The van der Waals surface area contributed by atoms with Crippen LogP contribution in [0.15, 0.2) is 30.3 Å². The quantitative estimate of drug-likeness (QED) is 0.585. The number of Topliss-reactive ketones (excluding diaryl/α,β-unsaturated/α-hetero) is 1. The number of hydrogen-bond donors (Lipinski definition) is 1. The highest BCUT2D eigenvalue weighted by molar-refractivity contribution is 5.78. The first-order valence-electron chi connectivity index (χ1n) is 11.4. The summed E-state index contributed by atoms with van der Waals surface area (Å²) in [7, 11) is 0. The van der Waals surface area contributed by atoms with Gasteiger partial charge >= 0.3 is 0 Å². The number of aliphatic hydroxyl groups is 1. The van der Waals surface area contributed by atoms with E-state index < -0.39 is 0 Å². The lowest BCUT2D eigenvalue weighted by atomic mass is 10.2. The van der Waals surface area contributed by atoms with Gasteiger partial charge in [-0.05, 0) is 19.1 Å². The molecule has 10 heteroatoms. The molecule has 3 aromatic rings. The second kappa shape index (κ2) is 9.42. The molecule has 2 aromatic heterocycles. The van der Waals surface area contributed by atoms with E-state index in [2.05, 4.69) is 19.7 Å². The van der Waals surface area contributed by atoms with Crippen LogP contribution in [0.4, 0.5) is 11.6 Å². The van der Waals surface area contributed by atoms with E-state index in [0.717, 1.165) is 61.9 Å². The third-order valence-electron chi connectivity index (χ3n) is 6.14. The number of benzene rings is 1. The molecule has 0 aliphatic carbocycles. The van der Waals surface area contributed by atoms with Gasteiger partial charge in [-0.1, -0.05) is 12.1 Å². The van der Waals surface area contributed by atoms with Crippen LogP contribution in [0.25, 0.3) is 17.0 Å². The number of para-hydroxylation sites is 2. The first kappa shape index (κ1) is 21.7. The molecule has 4 heterocycles.